The maximum absolute atomic E-state index is 5.64. The molecule has 0 unspecified atom stereocenters. The molecule has 0 bridgehead atoms. The summed E-state index contributed by atoms with van der Waals surface area (Å²) in [5, 5.41) is 0. The number of hydrogen-bond acceptors (Lipinski definition) is 4. The van der Waals surface area contributed by atoms with Crippen LogP contribution in [0.2, 0.25) is 6.04 Å². The maximum atomic E-state index is 5.64. The Balaban J connectivity index is 3.94. The summed E-state index contributed by atoms with van der Waals surface area (Å²) in [6.07, 6.45) is 2.19. The molecule has 0 amide bonds. The van der Waals surface area contributed by atoms with Gasteiger partial charge in [-0.1, -0.05) is 13.3 Å². The van der Waals surface area contributed by atoms with Gasteiger partial charge in [0.1, 0.15) is 0 Å². The van der Waals surface area contributed by atoms with Gasteiger partial charge in [0.2, 0.25) is 0 Å². The van der Waals surface area contributed by atoms with E-state index in [0.29, 0.717) is 13.2 Å². The smallest absolute Gasteiger partial charge is 0.382 e. The topological polar surface area (TPSA) is 36.9 Å². The monoisotopic (exact) mass is 222 g/mol. The molecule has 0 rings (SSSR count). The van der Waals surface area contributed by atoms with Crippen molar-refractivity contribution >= 4 is 8.80 Å². The Kier molecular flexibility index (Phi) is 8.41. The molecule has 0 fully saturated rings. The van der Waals surface area contributed by atoms with Crippen molar-refractivity contribution in [2.24, 2.45) is 0 Å². The van der Waals surface area contributed by atoms with Gasteiger partial charge in [-0.2, -0.15) is 0 Å². The van der Waals surface area contributed by atoms with E-state index < -0.39 is 8.80 Å². The first kappa shape index (κ1) is 14.1. The third-order valence-electron chi connectivity index (χ3n) is 2.07. The van der Waals surface area contributed by atoms with Crippen LogP contribution in [-0.4, -0.2) is 43.3 Å². The number of hydrogen-bond donors (Lipinski definition) is 0. The van der Waals surface area contributed by atoms with Gasteiger partial charge in [-0.15, -0.1) is 0 Å². The maximum Gasteiger partial charge on any atom is 0.500 e. The highest BCUT2D eigenvalue weighted by Gasteiger charge is 2.37. The standard InChI is InChI=1S/C9H22O4Si/c1-5-6-9-14(11-3,12-4)13-8-7-10-2/h5-9H2,1-4H3. The van der Waals surface area contributed by atoms with E-state index in [4.69, 9.17) is 18.0 Å². The van der Waals surface area contributed by atoms with Gasteiger partial charge in [-0.05, 0) is 6.42 Å². The van der Waals surface area contributed by atoms with Crippen LogP contribution in [0.15, 0.2) is 0 Å². The minimum Gasteiger partial charge on any atom is -0.382 e. The molecular formula is C9H22O4Si. The first-order chi connectivity index (χ1) is 6.74. The second-order valence-electron chi connectivity index (χ2n) is 3.04. The van der Waals surface area contributed by atoms with Crippen molar-refractivity contribution in [1.29, 1.82) is 0 Å². The molecule has 0 aromatic heterocycles. The van der Waals surface area contributed by atoms with Crippen LogP contribution in [0.1, 0.15) is 19.8 Å². The highest BCUT2D eigenvalue weighted by Crippen LogP contribution is 2.16. The lowest BCUT2D eigenvalue weighted by Crippen LogP contribution is -2.44. The van der Waals surface area contributed by atoms with Crippen molar-refractivity contribution in [2.45, 2.75) is 25.8 Å². The summed E-state index contributed by atoms with van der Waals surface area (Å²) in [6.45, 7) is 3.25. The van der Waals surface area contributed by atoms with Gasteiger partial charge in [-0.25, -0.2) is 0 Å². The van der Waals surface area contributed by atoms with E-state index in [1.165, 1.54) is 0 Å². The van der Waals surface area contributed by atoms with Crippen molar-refractivity contribution in [3.8, 4) is 0 Å². The van der Waals surface area contributed by atoms with Crippen LogP contribution >= 0.6 is 0 Å². The normalized spacial score (nSPS) is 12.0. The fraction of sp³-hybridized carbons (Fsp3) is 1.00. The fourth-order valence-electron chi connectivity index (χ4n) is 1.15. The first-order valence-electron chi connectivity index (χ1n) is 4.98. The van der Waals surface area contributed by atoms with E-state index in [0.717, 1.165) is 18.9 Å². The summed E-state index contributed by atoms with van der Waals surface area (Å²) < 4.78 is 21.3. The minimum atomic E-state index is -2.38. The molecule has 14 heavy (non-hydrogen) atoms. The molecule has 0 aliphatic carbocycles. The van der Waals surface area contributed by atoms with Gasteiger partial charge < -0.3 is 18.0 Å². The number of rotatable bonds is 9. The van der Waals surface area contributed by atoms with E-state index in [-0.39, 0.29) is 0 Å². The predicted molar refractivity (Wildman–Crippen MR) is 57.3 cm³/mol. The van der Waals surface area contributed by atoms with E-state index in [9.17, 15) is 0 Å². The zero-order chi connectivity index (χ0) is 10.9. The second-order valence-corrected chi connectivity index (χ2v) is 6.01. The Labute approximate surface area is 87.9 Å². The third kappa shape index (κ3) is 5.07. The summed E-state index contributed by atoms with van der Waals surface area (Å²) >= 11 is 0. The predicted octanol–water partition coefficient (Wildman–Crippen LogP) is 1.68. The van der Waals surface area contributed by atoms with Gasteiger partial charge in [-0.3, -0.25) is 0 Å². The lowest BCUT2D eigenvalue weighted by molar-refractivity contribution is 0.0658. The molecule has 0 N–H and O–H groups in total. The highest BCUT2D eigenvalue weighted by atomic mass is 28.4. The molecule has 5 heteroatoms. The molecule has 0 atom stereocenters. The van der Waals surface area contributed by atoms with Crippen LogP contribution in [0.3, 0.4) is 0 Å². The Hall–Kier alpha value is 0.0569. The minimum absolute atomic E-state index is 0.536. The average Bonchev–Trinajstić information content (AvgIpc) is 2.24. The van der Waals surface area contributed by atoms with Crippen molar-refractivity contribution in [3.05, 3.63) is 0 Å². The number of ether oxygens (including phenoxy) is 1. The van der Waals surface area contributed by atoms with Crippen LogP contribution in [0.5, 0.6) is 0 Å². The molecule has 0 aromatic carbocycles. The van der Waals surface area contributed by atoms with Crippen molar-refractivity contribution in [2.75, 3.05) is 34.5 Å². The van der Waals surface area contributed by atoms with Crippen LogP contribution in [-0.2, 0) is 18.0 Å². The molecule has 0 aliphatic rings. The summed E-state index contributed by atoms with van der Waals surface area (Å²) in [7, 11) is 2.57. The molecule has 0 spiro atoms. The lowest BCUT2D eigenvalue weighted by Gasteiger charge is -2.26. The average molecular weight is 222 g/mol. The molecule has 4 nitrogen and oxygen atoms in total. The molecule has 0 saturated carbocycles. The van der Waals surface area contributed by atoms with Crippen LogP contribution < -0.4 is 0 Å². The molecule has 0 aromatic rings. The van der Waals surface area contributed by atoms with Crippen LogP contribution in [0.4, 0.5) is 0 Å². The molecular weight excluding hydrogens is 200 g/mol. The second kappa shape index (κ2) is 8.37. The van der Waals surface area contributed by atoms with Gasteiger partial charge in [0.05, 0.1) is 13.2 Å². The summed E-state index contributed by atoms with van der Waals surface area (Å²) in [4.78, 5) is 0. The van der Waals surface area contributed by atoms with Crippen LogP contribution in [0.25, 0.3) is 0 Å². The van der Waals surface area contributed by atoms with Gasteiger partial charge in [0, 0.05) is 27.4 Å². The van der Waals surface area contributed by atoms with Gasteiger partial charge in [0.15, 0.2) is 0 Å². The van der Waals surface area contributed by atoms with Gasteiger partial charge >= 0.3 is 8.80 Å². The van der Waals surface area contributed by atoms with Crippen molar-refractivity contribution < 1.29 is 18.0 Å². The Bertz CT molecular complexity index is 128. The van der Waals surface area contributed by atoms with Crippen molar-refractivity contribution in [1.82, 2.24) is 0 Å². The molecule has 86 valence electrons. The van der Waals surface area contributed by atoms with E-state index in [2.05, 4.69) is 6.92 Å². The van der Waals surface area contributed by atoms with Crippen LogP contribution in [0, 0.1) is 0 Å². The summed E-state index contributed by atoms with van der Waals surface area (Å²) in [5.74, 6) is 0. The largest absolute Gasteiger partial charge is 0.500 e. The number of methoxy groups -OCH3 is 1. The Morgan fingerprint density at radius 2 is 1.64 bits per heavy atom. The molecule has 0 aliphatic heterocycles. The van der Waals surface area contributed by atoms with E-state index >= 15 is 0 Å². The quantitative estimate of drug-likeness (QED) is 0.439. The third-order valence-corrected chi connectivity index (χ3v) is 4.92. The zero-order valence-corrected chi connectivity index (χ0v) is 10.7. The summed E-state index contributed by atoms with van der Waals surface area (Å²) in [6, 6.07) is 0.875. The lowest BCUT2D eigenvalue weighted by atomic mass is 10.4. The van der Waals surface area contributed by atoms with E-state index in [1.807, 2.05) is 0 Å². The molecule has 0 saturated heterocycles. The highest BCUT2D eigenvalue weighted by molar-refractivity contribution is 6.60. The fourth-order valence-corrected chi connectivity index (χ4v) is 3.29. The SMILES string of the molecule is CCCC[Si](OC)(OC)OCCOC. The van der Waals surface area contributed by atoms with Crippen molar-refractivity contribution in [3.63, 3.8) is 0 Å². The zero-order valence-electron chi connectivity index (χ0n) is 9.67. The van der Waals surface area contributed by atoms with Gasteiger partial charge in [0.25, 0.3) is 0 Å². The summed E-state index contributed by atoms with van der Waals surface area (Å²) in [5.41, 5.74) is 0. The number of unbranched alkanes of at least 4 members (excludes halogenated alkanes) is 1. The Morgan fingerprint density at radius 1 is 1.00 bits per heavy atom. The van der Waals surface area contributed by atoms with E-state index in [1.54, 1.807) is 21.3 Å². The molecule has 0 heterocycles. The molecule has 0 radical (unpaired) electrons. The Morgan fingerprint density at radius 3 is 2.07 bits per heavy atom. The first-order valence-corrected chi connectivity index (χ1v) is 6.91.